The highest BCUT2D eigenvalue weighted by molar-refractivity contribution is 5.80. The Morgan fingerprint density at radius 2 is 2.43 bits per heavy atom. The Balaban J connectivity index is 2.14. The van der Waals surface area contributed by atoms with E-state index in [0.29, 0.717) is 0 Å². The van der Waals surface area contributed by atoms with E-state index >= 15 is 0 Å². The van der Waals surface area contributed by atoms with Crippen molar-refractivity contribution in [2.75, 3.05) is 6.54 Å². The third kappa shape index (κ3) is 3.92. The quantitative estimate of drug-likeness (QED) is 0.667. The first-order chi connectivity index (χ1) is 6.70. The molecule has 0 fully saturated rings. The third-order valence-corrected chi connectivity index (χ3v) is 2.54. The number of carbonyl (C=O) groups is 1. The van der Waals surface area contributed by atoms with Gasteiger partial charge in [0, 0.05) is 6.54 Å². The van der Waals surface area contributed by atoms with Crippen LogP contribution in [0, 0.1) is 0 Å². The van der Waals surface area contributed by atoms with Crippen molar-refractivity contribution in [2.45, 2.75) is 45.1 Å². The van der Waals surface area contributed by atoms with Crippen molar-refractivity contribution in [1.29, 1.82) is 0 Å². The first kappa shape index (κ1) is 11.2. The Labute approximate surface area is 85.7 Å². The summed E-state index contributed by atoms with van der Waals surface area (Å²) in [5.74, 6) is -0.0543. The van der Waals surface area contributed by atoms with Crippen molar-refractivity contribution >= 4 is 5.91 Å². The van der Waals surface area contributed by atoms with Gasteiger partial charge in [-0.05, 0) is 39.0 Å². The summed E-state index contributed by atoms with van der Waals surface area (Å²) in [6.45, 7) is 2.43. The van der Waals surface area contributed by atoms with E-state index < -0.39 is 6.04 Å². The van der Waals surface area contributed by atoms with Crippen LogP contribution >= 0.6 is 0 Å². The molecule has 0 saturated heterocycles. The Kier molecular flexibility index (Phi) is 4.66. The number of carbonyl (C=O) groups excluding carboxylic acids is 1. The van der Waals surface area contributed by atoms with E-state index in [-0.39, 0.29) is 5.91 Å². The molecule has 1 atom stereocenters. The Hall–Kier alpha value is -0.830. The van der Waals surface area contributed by atoms with Crippen molar-refractivity contribution < 1.29 is 4.79 Å². The molecule has 1 aliphatic rings. The van der Waals surface area contributed by atoms with Gasteiger partial charge in [0.15, 0.2) is 0 Å². The van der Waals surface area contributed by atoms with Crippen molar-refractivity contribution in [1.82, 2.24) is 5.32 Å². The number of rotatable bonds is 4. The van der Waals surface area contributed by atoms with E-state index in [1.54, 1.807) is 6.92 Å². The van der Waals surface area contributed by atoms with Gasteiger partial charge in [-0.15, -0.1) is 0 Å². The largest absolute Gasteiger partial charge is 0.354 e. The smallest absolute Gasteiger partial charge is 0.236 e. The van der Waals surface area contributed by atoms with Gasteiger partial charge in [0.05, 0.1) is 6.04 Å². The summed E-state index contributed by atoms with van der Waals surface area (Å²) in [4.78, 5) is 11.1. The maximum Gasteiger partial charge on any atom is 0.236 e. The molecule has 0 saturated carbocycles. The summed E-state index contributed by atoms with van der Waals surface area (Å²) >= 11 is 0. The van der Waals surface area contributed by atoms with Gasteiger partial charge in [-0.3, -0.25) is 4.79 Å². The monoisotopic (exact) mass is 196 g/mol. The average Bonchev–Trinajstić information content (AvgIpc) is 2.19. The minimum absolute atomic E-state index is 0.0543. The van der Waals surface area contributed by atoms with Crippen LogP contribution < -0.4 is 11.1 Å². The molecule has 0 aromatic carbocycles. The number of nitrogens with one attached hydrogen (secondary N) is 1. The van der Waals surface area contributed by atoms with Crippen LogP contribution in [0.1, 0.15) is 39.0 Å². The molecule has 0 unspecified atom stereocenters. The van der Waals surface area contributed by atoms with Gasteiger partial charge < -0.3 is 11.1 Å². The molecule has 0 aromatic rings. The Bertz CT molecular complexity index is 221. The van der Waals surface area contributed by atoms with Crippen molar-refractivity contribution in [3.05, 3.63) is 11.6 Å². The maximum atomic E-state index is 11.1. The molecule has 0 bridgehead atoms. The molecular weight excluding hydrogens is 176 g/mol. The summed E-state index contributed by atoms with van der Waals surface area (Å²) in [5, 5.41) is 2.82. The van der Waals surface area contributed by atoms with E-state index in [4.69, 9.17) is 5.73 Å². The zero-order valence-electron chi connectivity index (χ0n) is 8.88. The molecule has 14 heavy (non-hydrogen) atoms. The van der Waals surface area contributed by atoms with E-state index in [0.717, 1.165) is 13.0 Å². The molecule has 0 aliphatic heterocycles. The summed E-state index contributed by atoms with van der Waals surface area (Å²) < 4.78 is 0. The highest BCUT2D eigenvalue weighted by Crippen LogP contribution is 2.19. The molecule has 0 aromatic heterocycles. The zero-order valence-corrected chi connectivity index (χ0v) is 8.88. The van der Waals surface area contributed by atoms with Crippen LogP contribution in [-0.4, -0.2) is 18.5 Å². The number of hydrogen-bond acceptors (Lipinski definition) is 2. The Morgan fingerprint density at radius 1 is 1.64 bits per heavy atom. The molecule has 3 nitrogen and oxygen atoms in total. The predicted molar refractivity (Wildman–Crippen MR) is 57.8 cm³/mol. The second-order valence-corrected chi connectivity index (χ2v) is 3.94. The molecular formula is C11H20N2O. The summed E-state index contributed by atoms with van der Waals surface area (Å²) in [6.07, 6.45) is 8.31. The molecule has 0 radical (unpaired) electrons. The fourth-order valence-electron chi connectivity index (χ4n) is 1.64. The molecule has 80 valence electrons. The molecule has 1 rings (SSSR count). The second kappa shape index (κ2) is 5.81. The lowest BCUT2D eigenvalue weighted by atomic mass is 9.97. The van der Waals surface area contributed by atoms with Gasteiger partial charge in [0.2, 0.25) is 5.91 Å². The van der Waals surface area contributed by atoms with Crippen LogP contribution in [0.15, 0.2) is 11.6 Å². The van der Waals surface area contributed by atoms with E-state index in [1.807, 2.05) is 0 Å². The third-order valence-electron chi connectivity index (χ3n) is 2.54. The van der Waals surface area contributed by atoms with Crippen molar-refractivity contribution in [3.63, 3.8) is 0 Å². The van der Waals surface area contributed by atoms with Crippen LogP contribution in [0.2, 0.25) is 0 Å². The minimum Gasteiger partial charge on any atom is -0.354 e. The fourth-order valence-corrected chi connectivity index (χ4v) is 1.64. The highest BCUT2D eigenvalue weighted by Gasteiger charge is 2.07. The second-order valence-electron chi connectivity index (χ2n) is 3.94. The van der Waals surface area contributed by atoms with Gasteiger partial charge in [-0.1, -0.05) is 11.6 Å². The number of allylic oxidation sites excluding steroid dienone is 1. The summed E-state index contributed by atoms with van der Waals surface area (Å²) in [5.41, 5.74) is 6.92. The first-order valence-corrected chi connectivity index (χ1v) is 5.41. The van der Waals surface area contributed by atoms with Crippen LogP contribution in [0.3, 0.4) is 0 Å². The van der Waals surface area contributed by atoms with Gasteiger partial charge >= 0.3 is 0 Å². The SMILES string of the molecule is C[C@H](N)C(=O)NCCC1=CCCCC1. The van der Waals surface area contributed by atoms with Gasteiger partial charge in [0.1, 0.15) is 0 Å². The summed E-state index contributed by atoms with van der Waals surface area (Å²) in [6, 6.07) is -0.393. The number of amides is 1. The topological polar surface area (TPSA) is 55.1 Å². The molecule has 0 spiro atoms. The predicted octanol–water partition coefficient (Wildman–Crippen LogP) is 1.34. The standard InChI is InChI=1S/C11H20N2O/c1-9(12)11(14)13-8-7-10-5-3-2-4-6-10/h5,9H,2-4,6-8,12H2,1H3,(H,13,14)/t9-/m0/s1. The fraction of sp³-hybridized carbons (Fsp3) is 0.727. The lowest BCUT2D eigenvalue weighted by Crippen LogP contribution is -2.38. The zero-order chi connectivity index (χ0) is 10.4. The maximum absolute atomic E-state index is 11.1. The van der Waals surface area contributed by atoms with E-state index in [9.17, 15) is 4.79 Å². The van der Waals surface area contributed by atoms with Crippen LogP contribution in [0.25, 0.3) is 0 Å². The average molecular weight is 196 g/mol. The van der Waals surface area contributed by atoms with Gasteiger partial charge in [0.25, 0.3) is 0 Å². The van der Waals surface area contributed by atoms with Crippen molar-refractivity contribution in [2.24, 2.45) is 5.73 Å². The van der Waals surface area contributed by atoms with Crippen LogP contribution in [0.4, 0.5) is 0 Å². The summed E-state index contributed by atoms with van der Waals surface area (Å²) in [7, 11) is 0. The van der Waals surface area contributed by atoms with Crippen LogP contribution in [0.5, 0.6) is 0 Å². The lowest BCUT2D eigenvalue weighted by Gasteiger charge is -2.13. The molecule has 1 amide bonds. The molecule has 1 aliphatic carbocycles. The minimum atomic E-state index is -0.393. The number of hydrogen-bond donors (Lipinski definition) is 2. The highest BCUT2D eigenvalue weighted by atomic mass is 16.2. The molecule has 0 heterocycles. The molecule has 3 heteroatoms. The van der Waals surface area contributed by atoms with Crippen LogP contribution in [-0.2, 0) is 4.79 Å². The van der Waals surface area contributed by atoms with Crippen molar-refractivity contribution in [3.8, 4) is 0 Å². The van der Waals surface area contributed by atoms with Gasteiger partial charge in [-0.2, -0.15) is 0 Å². The number of nitrogens with two attached hydrogens (primary N) is 1. The van der Waals surface area contributed by atoms with Gasteiger partial charge in [-0.25, -0.2) is 0 Å². The molecule has 3 N–H and O–H groups in total. The lowest BCUT2D eigenvalue weighted by molar-refractivity contribution is -0.121. The van der Waals surface area contributed by atoms with E-state index in [2.05, 4.69) is 11.4 Å². The van der Waals surface area contributed by atoms with E-state index in [1.165, 1.54) is 31.3 Å². The normalized spacial score (nSPS) is 18.6. The Morgan fingerprint density at radius 3 is 3.00 bits per heavy atom. The first-order valence-electron chi connectivity index (χ1n) is 5.41.